The van der Waals surface area contributed by atoms with Gasteiger partial charge in [0.25, 0.3) is 0 Å². The Morgan fingerprint density at radius 1 is 1.47 bits per heavy atom. The first kappa shape index (κ1) is 13.2. The highest BCUT2D eigenvalue weighted by Crippen LogP contribution is 2.15. The molecule has 0 heterocycles. The number of alkyl halides is 1. The summed E-state index contributed by atoms with van der Waals surface area (Å²) in [5, 5.41) is 21.7. The molecule has 1 unspecified atom stereocenters. The molecule has 92 valence electrons. The SMILES string of the molecule is O=C(O)NC(CF)c1ccc(/C(Cl)=N\O)cc1. The van der Waals surface area contributed by atoms with Crippen molar-refractivity contribution in [3.63, 3.8) is 0 Å². The number of carboxylic acid groups (broad SMARTS) is 1. The number of carbonyl (C=O) groups is 1. The van der Waals surface area contributed by atoms with Crippen LogP contribution in [0.2, 0.25) is 0 Å². The van der Waals surface area contributed by atoms with Gasteiger partial charge in [-0.25, -0.2) is 9.18 Å². The van der Waals surface area contributed by atoms with Gasteiger partial charge in [-0.1, -0.05) is 41.0 Å². The van der Waals surface area contributed by atoms with E-state index in [1.54, 1.807) is 0 Å². The van der Waals surface area contributed by atoms with E-state index < -0.39 is 18.8 Å². The topological polar surface area (TPSA) is 81.9 Å². The van der Waals surface area contributed by atoms with E-state index in [4.69, 9.17) is 21.9 Å². The largest absolute Gasteiger partial charge is 0.465 e. The molecule has 0 aliphatic heterocycles. The van der Waals surface area contributed by atoms with Gasteiger partial charge < -0.3 is 15.6 Å². The third kappa shape index (κ3) is 3.60. The van der Waals surface area contributed by atoms with Crippen molar-refractivity contribution in [2.75, 3.05) is 6.67 Å². The Bertz CT molecular complexity index is 422. The van der Waals surface area contributed by atoms with Crippen molar-refractivity contribution in [1.29, 1.82) is 0 Å². The predicted octanol–water partition coefficient (Wildman–Crippen LogP) is 2.34. The van der Waals surface area contributed by atoms with Crippen LogP contribution in [0.15, 0.2) is 29.4 Å². The zero-order valence-electron chi connectivity index (χ0n) is 8.60. The average Bonchev–Trinajstić information content (AvgIpc) is 2.35. The number of halogens is 2. The van der Waals surface area contributed by atoms with Crippen LogP contribution in [-0.4, -0.2) is 28.3 Å². The first-order chi connectivity index (χ1) is 8.08. The Morgan fingerprint density at radius 2 is 2.06 bits per heavy atom. The van der Waals surface area contributed by atoms with Crippen LogP contribution in [0.3, 0.4) is 0 Å². The van der Waals surface area contributed by atoms with Crippen molar-refractivity contribution in [2.45, 2.75) is 6.04 Å². The second-order valence-corrected chi connectivity index (χ2v) is 3.53. The summed E-state index contributed by atoms with van der Waals surface area (Å²) < 4.78 is 12.6. The normalized spacial score (nSPS) is 13.2. The van der Waals surface area contributed by atoms with E-state index in [1.165, 1.54) is 24.3 Å². The summed E-state index contributed by atoms with van der Waals surface area (Å²) in [7, 11) is 0. The fourth-order valence-corrected chi connectivity index (χ4v) is 1.40. The molecular weight excluding hydrogens is 251 g/mol. The molecule has 0 saturated heterocycles. The van der Waals surface area contributed by atoms with E-state index in [0.29, 0.717) is 11.1 Å². The van der Waals surface area contributed by atoms with Gasteiger partial charge in [0.2, 0.25) is 0 Å². The number of oxime groups is 1. The van der Waals surface area contributed by atoms with Gasteiger partial charge in [0.1, 0.15) is 6.67 Å². The van der Waals surface area contributed by atoms with Crippen molar-refractivity contribution >= 4 is 22.9 Å². The summed E-state index contributed by atoms with van der Waals surface area (Å²) in [5.41, 5.74) is 0.909. The van der Waals surface area contributed by atoms with Gasteiger partial charge in [-0.15, -0.1) is 0 Å². The molecule has 1 atom stereocenters. The second kappa shape index (κ2) is 6.05. The predicted molar refractivity (Wildman–Crippen MR) is 60.5 cm³/mol. The Kier molecular flexibility index (Phi) is 4.71. The minimum absolute atomic E-state index is 0.0976. The summed E-state index contributed by atoms with van der Waals surface area (Å²) in [4.78, 5) is 10.4. The van der Waals surface area contributed by atoms with Crippen LogP contribution < -0.4 is 5.32 Å². The van der Waals surface area contributed by atoms with Gasteiger partial charge in [0.05, 0.1) is 6.04 Å². The van der Waals surface area contributed by atoms with Gasteiger partial charge in [-0.3, -0.25) is 0 Å². The summed E-state index contributed by atoms with van der Waals surface area (Å²) >= 11 is 5.56. The smallest absolute Gasteiger partial charge is 0.405 e. The Balaban J connectivity index is 2.88. The standard InChI is InChI=1S/C10H10ClFN2O3/c11-9(14-17)7-3-1-6(2-4-7)8(5-12)13-10(15)16/h1-4,8,13,17H,5H2,(H,15,16)/b14-9+. The van der Waals surface area contributed by atoms with E-state index in [0.717, 1.165) is 0 Å². The van der Waals surface area contributed by atoms with Crippen molar-refractivity contribution < 1.29 is 19.5 Å². The third-order valence-electron chi connectivity index (χ3n) is 2.09. The van der Waals surface area contributed by atoms with E-state index >= 15 is 0 Å². The van der Waals surface area contributed by atoms with Crippen LogP contribution in [-0.2, 0) is 0 Å². The summed E-state index contributed by atoms with van der Waals surface area (Å²) in [6.07, 6.45) is -1.30. The first-order valence-electron chi connectivity index (χ1n) is 4.61. The minimum Gasteiger partial charge on any atom is -0.465 e. The van der Waals surface area contributed by atoms with Crippen LogP contribution in [0.1, 0.15) is 17.2 Å². The van der Waals surface area contributed by atoms with Crippen molar-refractivity contribution in [3.8, 4) is 0 Å². The van der Waals surface area contributed by atoms with Crippen LogP contribution in [0.25, 0.3) is 0 Å². The number of rotatable bonds is 4. The molecule has 0 aliphatic carbocycles. The lowest BCUT2D eigenvalue weighted by Crippen LogP contribution is -2.28. The molecule has 0 bridgehead atoms. The van der Waals surface area contributed by atoms with E-state index in [9.17, 15) is 9.18 Å². The second-order valence-electron chi connectivity index (χ2n) is 3.17. The number of hydrogen-bond acceptors (Lipinski definition) is 3. The molecule has 0 radical (unpaired) electrons. The van der Waals surface area contributed by atoms with Crippen LogP contribution >= 0.6 is 11.6 Å². The molecule has 7 heteroatoms. The molecular formula is C10H10ClFN2O3. The van der Waals surface area contributed by atoms with E-state index in [-0.39, 0.29) is 5.17 Å². The molecule has 0 saturated carbocycles. The minimum atomic E-state index is -1.30. The van der Waals surface area contributed by atoms with Gasteiger partial charge in [0.15, 0.2) is 5.17 Å². The number of nitrogens with zero attached hydrogens (tertiary/aromatic N) is 1. The highest BCUT2D eigenvalue weighted by Gasteiger charge is 2.13. The monoisotopic (exact) mass is 260 g/mol. The average molecular weight is 261 g/mol. The molecule has 0 spiro atoms. The Labute approximate surface area is 102 Å². The van der Waals surface area contributed by atoms with Gasteiger partial charge in [-0.2, -0.15) is 0 Å². The number of amides is 1. The third-order valence-corrected chi connectivity index (χ3v) is 2.38. The van der Waals surface area contributed by atoms with Crippen molar-refractivity contribution in [3.05, 3.63) is 35.4 Å². The van der Waals surface area contributed by atoms with E-state index in [1.807, 2.05) is 5.32 Å². The number of hydrogen-bond donors (Lipinski definition) is 3. The molecule has 0 aliphatic rings. The Hall–Kier alpha value is -1.82. The highest BCUT2D eigenvalue weighted by molar-refractivity contribution is 6.69. The summed E-state index contributed by atoms with van der Waals surface area (Å²) in [6.45, 7) is -0.854. The lowest BCUT2D eigenvalue weighted by atomic mass is 10.1. The molecule has 1 amide bonds. The molecule has 0 aromatic heterocycles. The molecule has 0 fully saturated rings. The van der Waals surface area contributed by atoms with Crippen molar-refractivity contribution in [1.82, 2.24) is 5.32 Å². The lowest BCUT2D eigenvalue weighted by molar-refractivity contribution is 0.187. The Morgan fingerprint density at radius 3 is 2.47 bits per heavy atom. The van der Waals surface area contributed by atoms with Crippen LogP contribution in [0.4, 0.5) is 9.18 Å². The molecule has 3 N–H and O–H groups in total. The van der Waals surface area contributed by atoms with Gasteiger partial charge >= 0.3 is 6.09 Å². The summed E-state index contributed by atoms with van der Waals surface area (Å²) in [6, 6.07) is 5.09. The van der Waals surface area contributed by atoms with Crippen LogP contribution in [0, 0.1) is 0 Å². The fourth-order valence-electron chi connectivity index (χ4n) is 1.27. The van der Waals surface area contributed by atoms with Crippen LogP contribution in [0.5, 0.6) is 0 Å². The van der Waals surface area contributed by atoms with Crippen molar-refractivity contribution in [2.24, 2.45) is 5.16 Å². The maximum atomic E-state index is 12.6. The molecule has 1 aromatic carbocycles. The zero-order valence-corrected chi connectivity index (χ0v) is 9.36. The zero-order chi connectivity index (χ0) is 12.8. The number of benzene rings is 1. The molecule has 17 heavy (non-hydrogen) atoms. The molecule has 1 aromatic rings. The highest BCUT2D eigenvalue weighted by atomic mass is 35.5. The van der Waals surface area contributed by atoms with E-state index in [2.05, 4.69) is 5.16 Å². The first-order valence-corrected chi connectivity index (χ1v) is 4.99. The molecule has 1 rings (SSSR count). The molecule has 5 nitrogen and oxygen atoms in total. The maximum absolute atomic E-state index is 12.6. The maximum Gasteiger partial charge on any atom is 0.405 e. The summed E-state index contributed by atoms with van der Waals surface area (Å²) in [5.74, 6) is 0. The quantitative estimate of drug-likeness (QED) is 0.441. The fraction of sp³-hybridized carbons (Fsp3) is 0.200. The van der Waals surface area contributed by atoms with Gasteiger partial charge in [-0.05, 0) is 5.56 Å². The lowest BCUT2D eigenvalue weighted by Gasteiger charge is -2.13. The van der Waals surface area contributed by atoms with Gasteiger partial charge in [0, 0.05) is 5.56 Å². The number of nitrogens with one attached hydrogen (secondary N) is 1.